The average Bonchev–Trinajstić information content (AvgIpc) is 3.92. The van der Waals surface area contributed by atoms with Gasteiger partial charge in [-0.3, -0.25) is 0 Å². The van der Waals surface area contributed by atoms with E-state index in [1.165, 1.54) is 12.2 Å². The van der Waals surface area contributed by atoms with Gasteiger partial charge < -0.3 is 54.0 Å². The molecule has 16 atom stereocenters. The molecule has 5 N–H and O–H groups in total. The first kappa shape index (κ1) is 39.6. The fraction of sp³-hybridized carbons (Fsp3) is 0.609. The number of carbonyl (C=O) groups is 2. The zero-order chi connectivity index (χ0) is 41.3. The molecule has 8 fully saturated rings. The maximum absolute atomic E-state index is 13.7. The van der Waals surface area contributed by atoms with Gasteiger partial charge in [0, 0.05) is 29.4 Å². The summed E-state index contributed by atoms with van der Waals surface area (Å²) in [5, 5.41) is 63.2. The summed E-state index contributed by atoms with van der Waals surface area (Å²) in [6.45, 7) is 4.62. The molecular formula is C46H54O13. The topological polar surface area (TPSA) is 194 Å². The smallest absolute Gasteiger partial charge is 0.338 e. The van der Waals surface area contributed by atoms with Crippen LogP contribution >= 0.6 is 0 Å². The molecule has 4 saturated heterocycles. The minimum Gasteiger partial charge on any atom is -0.456 e. The second-order valence-corrected chi connectivity index (χ2v) is 18.9. The van der Waals surface area contributed by atoms with Crippen LogP contribution < -0.4 is 0 Å². The van der Waals surface area contributed by atoms with Crippen LogP contribution in [0.3, 0.4) is 0 Å². The number of hydrogen-bond acceptors (Lipinski definition) is 13. The van der Waals surface area contributed by atoms with Crippen molar-refractivity contribution in [1.29, 1.82) is 0 Å². The van der Waals surface area contributed by atoms with Gasteiger partial charge in [-0.25, -0.2) is 9.59 Å². The molecule has 0 aromatic heterocycles. The molecule has 13 heteroatoms. The van der Waals surface area contributed by atoms with Crippen molar-refractivity contribution in [2.45, 2.75) is 130 Å². The lowest BCUT2D eigenvalue weighted by molar-refractivity contribution is -0.595. The third kappa shape index (κ3) is 5.35. The third-order valence-corrected chi connectivity index (χ3v) is 15.9. The summed E-state index contributed by atoms with van der Waals surface area (Å²) in [6, 6.07) is 17.8. The number of esters is 2. The molecule has 0 radical (unpaired) electrons. The molecule has 59 heavy (non-hydrogen) atoms. The monoisotopic (exact) mass is 814 g/mol. The van der Waals surface area contributed by atoms with Crippen LogP contribution in [0, 0.1) is 35.5 Å². The van der Waals surface area contributed by atoms with Gasteiger partial charge in [0.1, 0.15) is 53.4 Å². The van der Waals surface area contributed by atoms with E-state index in [0.717, 1.165) is 0 Å². The Hall–Kier alpha value is -3.50. The molecule has 2 aromatic rings. The Morgan fingerprint density at radius 2 is 1.54 bits per heavy atom. The Morgan fingerprint density at radius 1 is 0.864 bits per heavy atom. The summed E-state index contributed by atoms with van der Waals surface area (Å²) >= 11 is 0. The van der Waals surface area contributed by atoms with Gasteiger partial charge in [-0.15, -0.1) is 0 Å². The number of aliphatic hydroxyl groups is 5. The van der Waals surface area contributed by atoms with Gasteiger partial charge in [0.05, 0.1) is 23.4 Å². The van der Waals surface area contributed by atoms with E-state index in [0.29, 0.717) is 36.8 Å². The van der Waals surface area contributed by atoms with Crippen LogP contribution in [0.4, 0.5) is 0 Å². The predicted molar refractivity (Wildman–Crippen MR) is 207 cm³/mol. The van der Waals surface area contributed by atoms with Crippen LogP contribution in [-0.2, 0) is 39.2 Å². The van der Waals surface area contributed by atoms with Gasteiger partial charge >= 0.3 is 17.9 Å². The largest absolute Gasteiger partial charge is 0.456 e. The molecule has 4 saturated carbocycles. The first-order valence-corrected chi connectivity index (χ1v) is 21.2. The molecule has 316 valence electrons. The zero-order valence-corrected chi connectivity index (χ0v) is 33.5. The lowest BCUT2D eigenvalue weighted by atomic mass is 9.49. The maximum atomic E-state index is 13.7. The molecule has 11 aliphatic rings. The van der Waals surface area contributed by atoms with E-state index >= 15 is 0 Å². The van der Waals surface area contributed by atoms with Gasteiger partial charge in [0.25, 0.3) is 0 Å². The van der Waals surface area contributed by atoms with E-state index < -0.39 is 113 Å². The first-order chi connectivity index (χ1) is 28.2. The van der Waals surface area contributed by atoms with Crippen LogP contribution in [0.2, 0.25) is 0 Å². The highest BCUT2D eigenvalue weighted by atomic mass is 16.9. The van der Waals surface area contributed by atoms with E-state index in [4.69, 9.17) is 28.4 Å². The first-order valence-electron chi connectivity index (χ1n) is 21.2. The predicted octanol–water partition coefficient (Wildman–Crippen LogP) is 3.45. The molecule has 4 aliphatic carbocycles. The van der Waals surface area contributed by atoms with Crippen molar-refractivity contribution in [2.75, 3.05) is 6.61 Å². The number of benzene rings is 2. The van der Waals surface area contributed by atoms with Gasteiger partial charge in [-0.1, -0.05) is 74.5 Å². The Kier molecular flexibility index (Phi) is 9.07. The van der Waals surface area contributed by atoms with Crippen LogP contribution in [-0.4, -0.2) is 109 Å². The Bertz CT molecular complexity index is 2030. The lowest BCUT2D eigenvalue weighted by Gasteiger charge is -2.74. The van der Waals surface area contributed by atoms with Gasteiger partial charge in [-0.2, -0.15) is 0 Å². The highest BCUT2D eigenvalue weighted by molar-refractivity contribution is 5.89. The minimum absolute atomic E-state index is 0.0352. The number of fused-ring (bicyclic) bond motifs is 2. The van der Waals surface area contributed by atoms with Crippen LogP contribution in [0.15, 0.2) is 85.0 Å². The number of ether oxygens (including phenoxy) is 6. The number of epoxide rings is 1. The summed E-state index contributed by atoms with van der Waals surface area (Å²) in [7, 11) is 0. The number of allylic oxidation sites excluding steroid dienone is 2. The molecule has 11 bridgehead atoms. The second-order valence-electron chi connectivity index (χ2n) is 18.9. The van der Waals surface area contributed by atoms with Crippen molar-refractivity contribution < 1.29 is 63.5 Å². The van der Waals surface area contributed by atoms with Gasteiger partial charge in [0.15, 0.2) is 0 Å². The zero-order valence-electron chi connectivity index (χ0n) is 33.5. The summed E-state index contributed by atoms with van der Waals surface area (Å²) in [5.41, 5.74) is -8.37. The maximum Gasteiger partial charge on any atom is 0.338 e. The fourth-order valence-corrected chi connectivity index (χ4v) is 13.0. The molecule has 7 heterocycles. The SMILES string of the molecule is C[C@@H]1C[C@H]2[C@]3(O)[C@H](O)[C@@]4(CO)O[C@H]4[C@H]4[C@H]5O[C@]6(c7ccccc7)O[C@@H]([C@@H](C)[C@@]42O6)[C@@]5(O)[C@](C)(O)CC2CCC(CC2)[C@@H](OC(=O)c2ccccc2)C=CC=CC(=O)O[C@@H]13. The molecule has 13 rings (SSSR count). The number of rotatable bonds is 4. The highest BCUT2D eigenvalue weighted by Crippen LogP contribution is 2.75. The molecule has 0 unspecified atom stereocenters. The Morgan fingerprint density at radius 3 is 2.24 bits per heavy atom. The minimum atomic E-state index is -2.22. The molecule has 7 aliphatic heterocycles. The van der Waals surface area contributed by atoms with Gasteiger partial charge in [-0.05, 0) is 81.4 Å². The van der Waals surface area contributed by atoms with Crippen LogP contribution in [0.1, 0.15) is 75.2 Å². The van der Waals surface area contributed by atoms with E-state index in [-0.39, 0.29) is 24.7 Å². The molecule has 0 amide bonds. The molecule has 2 aromatic carbocycles. The van der Waals surface area contributed by atoms with Gasteiger partial charge in [0.2, 0.25) is 0 Å². The third-order valence-electron chi connectivity index (χ3n) is 15.9. The second kappa shape index (κ2) is 13.5. The van der Waals surface area contributed by atoms with Crippen molar-refractivity contribution in [1.82, 2.24) is 0 Å². The van der Waals surface area contributed by atoms with Crippen LogP contribution in [0.25, 0.3) is 0 Å². The summed E-state index contributed by atoms with van der Waals surface area (Å²) in [4.78, 5) is 27.0. The van der Waals surface area contributed by atoms with E-state index in [1.54, 1.807) is 55.5 Å². The standard InChI is InChI=1S/C46H54O13/c1-25-22-32-43(52)35(25)55-33(48)17-11-10-16-31(54-39(49)29-12-6-4-7-13-29)28-20-18-27(19-21-28)23-41(3,51)45(53)36-26(2)44(32)34(37-42(24-47,56-37)40(43)50)38(45)58-46(57-36,59-44)30-14-8-5-9-15-30/h4-17,25-28,31-32,34-38,40,47,50-53H,18-24H2,1-3H3/t25-,26-,27?,28?,31+,32+,34+,35+,36+,37+,38-,40-,41-,42+,43-,44+,45+,46+/m1/s1. The average molecular weight is 815 g/mol. The normalized spacial score (nSPS) is 50.6. The lowest BCUT2D eigenvalue weighted by Crippen LogP contribution is -2.89. The molecule has 1 spiro atoms. The van der Waals surface area contributed by atoms with Crippen molar-refractivity contribution in [3.8, 4) is 0 Å². The Balaban J connectivity index is 1.11. The quantitative estimate of drug-likeness (QED) is 0.223. The number of carbonyl (C=O) groups excluding carboxylic acids is 2. The number of aliphatic hydroxyl groups excluding tert-OH is 2. The summed E-state index contributed by atoms with van der Waals surface area (Å²) in [6.07, 6.45) is 2.22. The summed E-state index contributed by atoms with van der Waals surface area (Å²) < 4.78 is 39.5. The van der Waals surface area contributed by atoms with Crippen molar-refractivity contribution in [2.24, 2.45) is 35.5 Å². The molecular weight excluding hydrogens is 760 g/mol. The van der Waals surface area contributed by atoms with Crippen molar-refractivity contribution >= 4 is 11.9 Å². The highest BCUT2D eigenvalue weighted by Gasteiger charge is 2.91. The molecule has 13 nitrogen and oxygen atoms in total. The Labute approximate surface area is 342 Å². The van der Waals surface area contributed by atoms with E-state index in [9.17, 15) is 35.1 Å². The number of hydrogen-bond donors (Lipinski definition) is 5. The van der Waals surface area contributed by atoms with Crippen molar-refractivity contribution in [3.63, 3.8) is 0 Å². The summed E-state index contributed by atoms with van der Waals surface area (Å²) in [5.74, 6) is -6.38. The fourth-order valence-electron chi connectivity index (χ4n) is 13.0. The van der Waals surface area contributed by atoms with E-state index in [1.807, 2.05) is 38.1 Å². The van der Waals surface area contributed by atoms with Crippen LogP contribution in [0.5, 0.6) is 0 Å². The van der Waals surface area contributed by atoms with E-state index in [2.05, 4.69) is 0 Å². The van der Waals surface area contributed by atoms with Crippen molar-refractivity contribution in [3.05, 3.63) is 96.1 Å².